The number of hydrogen-bond acceptors (Lipinski definition) is 5. The van der Waals surface area contributed by atoms with Gasteiger partial charge in [-0.25, -0.2) is 0 Å². The third-order valence-electron chi connectivity index (χ3n) is 4.00. The van der Waals surface area contributed by atoms with Crippen LogP contribution in [0.2, 0.25) is 0 Å². The summed E-state index contributed by atoms with van der Waals surface area (Å²) in [4.78, 5) is 25.8. The summed E-state index contributed by atoms with van der Waals surface area (Å²) in [6, 6.07) is 16.7. The maximum atomic E-state index is 12.3. The Hall–Kier alpha value is -3.13. The van der Waals surface area contributed by atoms with Crippen LogP contribution in [-0.4, -0.2) is 51.3 Å². The molecule has 8 heteroatoms. The van der Waals surface area contributed by atoms with E-state index in [0.29, 0.717) is 16.4 Å². The average Bonchev–Trinajstić information content (AvgIpc) is 3.07. The molecule has 0 saturated heterocycles. The van der Waals surface area contributed by atoms with E-state index in [9.17, 15) is 9.59 Å². The fourth-order valence-electron chi connectivity index (χ4n) is 2.59. The molecule has 2 amide bonds. The van der Waals surface area contributed by atoms with Gasteiger partial charge in [-0.15, -0.1) is 10.2 Å². The molecule has 0 spiro atoms. The lowest BCUT2D eigenvalue weighted by Gasteiger charge is -2.11. The summed E-state index contributed by atoms with van der Waals surface area (Å²) in [7, 11) is 5.25. The molecule has 0 aliphatic rings. The zero-order chi connectivity index (χ0) is 20.1. The van der Waals surface area contributed by atoms with Gasteiger partial charge in [0.15, 0.2) is 11.0 Å². The van der Waals surface area contributed by atoms with Crippen molar-refractivity contribution in [2.45, 2.75) is 5.16 Å². The number of anilines is 1. The number of amides is 2. The summed E-state index contributed by atoms with van der Waals surface area (Å²) in [6.07, 6.45) is 0. The second-order valence-electron chi connectivity index (χ2n) is 6.35. The van der Waals surface area contributed by atoms with Gasteiger partial charge in [0, 0.05) is 38.0 Å². The van der Waals surface area contributed by atoms with Gasteiger partial charge in [-0.05, 0) is 18.2 Å². The van der Waals surface area contributed by atoms with Crippen molar-refractivity contribution in [2.24, 2.45) is 7.05 Å². The molecule has 144 valence electrons. The van der Waals surface area contributed by atoms with E-state index in [1.54, 1.807) is 38.4 Å². The van der Waals surface area contributed by atoms with Crippen LogP contribution >= 0.6 is 11.8 Å². The summed E-state index contributed by atoms with van der Waals surface area (Å²) in [5, 5.41) is 11.9. The van der Waals surface area contributed by atoms with Crippen LogP contribution in [0.3, 0.4) is 0 Å². The number of benzene rings is 2. The number of hydrogen-bond donors (Lipinski definition) is 1. The number of nitrogens with zero attached hydrogens (tertiary/aromatic N) is 4. The molecule has 0 unspecified atom stereocenters. The van der Waals surface area contributed by atoms with Crippen LogP contribution < -0.4 is 5.32 Å². The highest BCUT2D eigenvalue weighted by atomic mass is 32.2. The van der Waals surface area contributed by atoms with Crippen molar-refractivity contribution in [3.05, 3.63) is 60.2 Å². The Balaban J connectivity index is 1.62. The molecule has 2 aromatic carbocycles. The molecule has 1 aromatic heterocycles. The summed E-state index contributed by atoms with van der Waals surface area (Å²) in [5.41, 5.74) is 2.08. The first kappa shape index (κ1) is 19.6. The summed E-state index contributed by atoms with van der Waals surface area (Å²) in [6.45, 7) is 0. The van der Waals surface area contributed by atoms with Crippen molar-refractivity contribution in [1.82, 2.24) is 19.7 Å². The topological polar surface area (TPSA) is 80.1 Å². The summed E-state index contributed by atoms with van der Waals surface area (Å²) in [5.74, 6) is 0.646. The molecular formula is C20H21N5O2S. The predicted octanol–water partition coefficient (Wildman–Crippen LogP) is 2.91. The molecule has 3 aromatic rings. The first-order valence-electron chi connectivity index (χ1n) is 8.65. The van der Waals surface area contributed by atoms with E-state index >= 15 is 0 Å². The summed E-state index contributed by atoms with van der Waals surface area (Å²) < 4.78 is 1.86. The second-order valence-corrected chi connectivity index (χ2v) is 7.29. The van der Waals surface area contributed by atoms with Gasteiger partial charge in [0.1, 0.15) is 0 Å². The molecule has 0 aliphatic heterocycles. The van der Waals surface area contributed by atoms with Gasteiger partial charge in [-0.2, -0.15) is 0 Å². The lowest BCUT2D eigenvalue weighted by atomic mass is 10.2. The van der Waals surface area contributed by atoms with E-state index in [1.807, 2.05) is 41.9 Å². The van der Waals surface area contributed by atoms with Gasteiger partial charge in [0.25, 0.3) is 5.91 Å². The fraction of sp³-hybridized carbons (Fsp3) is 0.200. The van der Waals surface area contributed by atoms with Crippen LogP contribution in [0.4, 0.5) is 5.69 Å². The molecule has 0 aliphatic carbocycles. The van der Waals surface area contributed by atoms with E-state index in [4.69, 9.17) is 0 Å². The number of carbonyl (C=O) groups is 2. The van der Waals surface area contributed by atoms with E-state index in [0.717, 1.165) is 11.4 Å². The molecule has 0 radical (unpaired) electrons. The van der Waals surface area contributed by atoms with Gasteiger partial charge in [0.2, 0.25) is 5.91 Å². The molecule has 28 heavy (non-hydrogen) atoms. The number of nitrogens with one attached hydrogen (secondary N) is 1. The van der Waals surface area contributed by atoms with Crippen LogP contribution in [0.5, 0.6) is 0 Å². The Morgan fingerprint density at radius 1 is 1.07 bits per heavy atom. The predicted molar refractivity (Wildman–Crippen MR) is 110 cm³/mol. The van der Waals surface area contributed by atoms with Crippen molar-refractivity contribution in [3.63, 3.8) is 0 Å². The highest BCUT2D eigenvalue weighted by Gasteiger charge is 2.13. The normalized spacial score (nSPS) is 10.5. The third-order valence-corrected chi connectivity index (χ3v) is 5.02. The van der Waals surface area contributed by atoms with Crippen LogP contribution in [0.15, 0.2) is 59.8 Å². The Labute approximate surface area is 167 Å². The molecule has 0 bridgehead atoms. The van der Waals surface area contributed by atoms with Crippen LogP contribution in [-0.2, 0) is 11.8 Å². The van der Waals surface area contributed by atoms with E-state index in [1.165, 1.54) is 16.7 Å². The van der Waals surface area contributed by atoms with E-state index in [-0.39, 0.29) is 17.6 Å². The molecule has 7 nitrogen and oxygen atoms in total. The van der Waals surface area contributed by atoms with Gasteiger partial charge >= 0.3 is 0 Å². The third kappa shape index (κ3) is 4.58. The minimum atomic E-state index is -0.177. The quantitative estimate of drug-likeness (QED) is 0.649. The maximum absolute atomic E-state index is 12.3. The zero-order valence-electron chi connectivity index (χ0n) is 15.9. The fourth-order valence-corrected chi connectivity index (χ4v) is 3.31. The monoisotopic (exact) mass is 395 g/mol. The van der Waals surface area contributed by atoms with Crippen molar-refractivity contribution in [2.75, 3.05) is 25.2 Å². The minimum Gasteiger partial charge on any atom is -0.345 e. The standard InChI is InChI=1S/C20H21N5O2S/c1-24(2)19(27)15-10-7-11-16(12-15)21-17(26)13-28-20-23-22-18(25(20)3)14-8-5-4-6-9-14/h4-12H,13H2,1-3H3,(H,21,26). The molecule has 0 fully saturated rings. The Morgan fingerprint density at radius 3 is 2.54 bits per heavy atom. The molecule has 1 heterocycles. The van der Waals surface area contributed by atoms with Crippen LogP contribution in [0, 0.1) is 0 Å². The summed E-state index contributed by atoms with van der Waals surface area (Å²) >= 11 is 1.31. The number of rotatable bonds is 6. The van der Waals surface area contributed by atoms with Crippen molar-refractivity contribution < 1.29 is 9.59 Å². The van der Waals surface area contributed by atoms with Crippen molar-refractivity contribution >= 4 is 29.3 Å². The zero-order valence-corrected chi connectivity index (χ0v) is 16.7. The van der Waals surface area contributed by atoms with Gasteiger partial charge in [-0.3, -0.25) is 9.59 Å². The Kier molecular flexibility index (Phi) is 6.10. The minimum absolute atomic E-state index is 0.113. The van der Waals surface area contributed by atoms with Crippen LogP contribution in [0.25, 0.3) is 11.4 Å². The molecule has 0 saturated carbocycles. The average molecular weight is 395 g/mol. The molecule has 3 rings (SSSR count). The largest absolute Gasteiger partial charge is 0.345 e. The van der Waals surface area contributed by atoms with Gasteiger partial charge in [0.05, 0.1) is 5.75 Å². The van der Waals surface area contributed by atoms with Crippen molar-refractivity contribution in [1.29, 1.82) is 0 Å². The molecular weight excluding hydrogens is 374 g/mol. The highest BCUT2D eigenvalue weighted by Crippen LogP contribution is 2.22. The van der Waals surface area contributed by atoms with E-state index in [2.05, 4.69) is 15.5 Å². The molecule has 1 N–H and O–H groups in total. The SMILES string of the molecule is CN(C)C(=O)c1cccc(NC(=O)CSc2nnc(-c3ccccc3)n2C)c1. The number of carbonyl (C=O) groups excluding carboxylic acids is 2. The second kappa shape index (κ2) is 8.71. The van der Waals surface area contributed by atoms with Gasteiger partial charge < -0.3 is 14.8 Å². The Bertz CT molecular complexity index is 985. The lowest BCUT2D eigenvalue weighted by molar-refractivity contribution is -0.113. The lowest BCUT2D eigenvalue weighted by Crippen LogP contribution is -2.22. The highest BCUT2D eigenvalue weighted by molar-refractivity contribution is 7.99. The first-order valence-corrected chi connectivity index (χ1v) is 9.63. The number of thioether (sulfide) groups is 1. The maximum Gasteiger partial charge on any atom is 0.253 e. The van der Waals surface area contributed by atoms with Gasteiger partial charge in [-0.1, -0.05) is 48.2 Å². The van der Waals surface area contributed by atoms with Crippen LogP contribution in [0.1, 0.15) is 10.4 Å². The van der Waals surface area contributed by atoms with Crippen molar-refractivity contribution in [3.8, 4) is 11.4 Å². The Morgan fingerprint density at radius 2 is 1.82 bits per heavy atom. The first-order chi connectivity index (χ1) is 13.5. The molecule has 0 atom stereocenters. The van der Waals surface area contributed by atoms with E-state index < -0.39 is 0 Å². The smallest absolute Gasteiger partial charge is 0.253 e. The number of aromatic nitrogens is 3.